The molecule has 2 heteroatoms. The first kappa shape index (κ1) is 20.7. The highest BCUT2D eigenvalue weighted by Crippen LogP contribution is 2.52. The molecule has 2 aliphatic carbocycles. The Kier molecular flexibility index (Phi) is 4.40. The summed E-state index contributed by atoms with van der Waals surface area (Å²) in [6.45, 7) is 9.41. The van der Waals surface area contributed by atoms with E-state index in [0.29, 0.717) is 0 Å². The molecule has 0 saturated heterocycles. The summed E-state index contributed by atoms with van der Waals surface area (Å²) < 4.78 is 2.45. The van der Waals surface area contributed by atoms with Crippen LogP contribution in [0.1, 0.15) is 49.9 Å². The van der Waals surface area contributed by atoms with E-state index in [1.54, 1.807) is 0 Å². The minimum absolute atomic E-state index is 0.00657. The van der Waals surface area contributed by atoms with Crippen molar-refractivity contribution in [2.45, 2.75) is 38.5 Å². The zero-order valence-corrected chi connectivity index (χ0v) is 22.4. The fourth-order valence-electron chi connectivity index (χ4n) is 5.78. The average Bonchev–Trinajstić information content (AvgIpc) is 3.12. The maximum absolute atomic E-state index is 3.67. The van der Waals surface area contributed by atoms with Gasteiger partial charge in [0.15, 0.2) is 0 Å². The molecule has 0 aromatic heterocycles. The topological polar surface area (TPSA) is 0 Å². The lowest BCUT2D eigenvalue weighted by molar-refractivity contribution is 0.659. The first-order valence-corrected chi connectivity index (χ1v) is 13.0. The van der Waals surface area contributed by atoms with E-state index in [1.165, 1.54) is 59.2 Å². The zero-order valence-electron chi connectivity index (χ0n) is 18.7. The van der Waals surface area contributed by atoms with Crippen LogP contribution >= 0.6 is 38.5 Å². The molecular weight excluding hydrogens is 567 g/mol. The third kappa shape index (κ3) is 2.78. The molecule has 4 aromatic carbocycles. The zero-order chi connectivity index (χ0) is 22.4. The predicted octanol–water partition coefficient (Wildman–Crippen LogP) is 9.33. The van der Waals surface area contributed by atoms with Gasteiger partial charge in [-0.15, -0.1) is 0 Å². The lowest BCUT2D eigenvalue weighted by atomic mass is 9.80. The molecule has 0 bridgehead atoms. The summed E-state index contributed by atoms with van der Waals surface area (Å²) in [5.41, 5.74) is 13.8. The second kappa shape index (κ2) is 6.80. The Hall–Kier alpha value is -1.91. The van der Waals surface area contributed by atoms with E-state index in [1.807, 2.05) is 0 Å². The first-order valence-electron chi connectivity index (χ1n) is 11.1. The normalized spacial score (nSPS) is 16.3. The summed E-state index contributed by atoms with van der Waals surface area (Å²) in [5, 5.41) is 0. The van der Waals surface area contributed by atoms with Crippen LogP contribution in [0.5, 0.6) is 0 Å². The third-order valence-electron chi connectivity index (χ3n) is 7.61. The highest BCUT2D eigenvalue weighted by molar-refractivity contribution is 14.1. The van der Waals surface area contributed by atoms with Gasteiger partial charge in [0.25, 0.3) is 0 Å². The summed E-state index contributed by atoms with van der Waals surface area (Å²) in [5.74, 6) is 0. The van der Waals surface area contributed by atoms with Crippen LogP contribution in [0.15, 0.2) is 77.3 Å². The van der Waals surface area contributed by atoms with Gasteiger partial charge >= 0.3 is 0 Å². The third-order valence-corrected chi connectivity index (χ3v) is 8.77. The monoisotopic (exact) mass is 590 g/mol. The maximum Gasteiger partial charge on any atom is 0.0178 e. The maximum atomic E-state index is 3.67. The molecule has 6 rings (SSSR count). The number of hydrogen-bond acceptors (Lipinski definition) is 0. The summed E-state index contributed by atoms with van der Waals surface area (Å²) >= 11 is 6.09. The van der Waals surface area contributed by atoms with Crippen LogP contribution in [-0.4, -0.2) is 0 Å². The lowest BCUT2D eigenvalue weighted by Gasteiger charge is -2.23. The minimum Gasteiger partial charge on any atom is -0.0537 e. The summed E-state index contributed by atoms with van der Waals surface area (Å²) in [4.78, 5) is 0. The highest BCUT2D eigenvalue weighted by atomic mass is 127. The van der Waals surface area contributed by atoms with Crippen molar-refractivity contribution in [3.05, 3.63) is 103 Å². The molecule has 0 unspecified atom stereocenters. The van der Waals surface area contributed by atoms with Gasteiger partial charge < -0.3 is 0 Å². The standard InChI is InChI=1S/C30H24BrI/c1-29(2)25-13-17(5-9-21(25)23-11-7-19(31)15-27(23)29)18-6-10-22-24-12-8-20(32)16-28(24)30(3,4)26(22)14-18/h5-16H,1-4H3. The van der Waals surface area contributed by atoms with Gasteiger partial charge in [0, 0.05) is 18.9 Å². The fraction of sp³-hybridized carbons (Fsp3) is 0.200. The van der Waals surface area contributed by atoms with Gasteiger partial charge in [-0.3, -0.25) is 0 Å². The Labute approximate surface area is 212 Å². The molecule has 32 heavy (non-hydrogen) atoms. The highest BCUT2D eigenvalue weighted by Gasteiger charge is 2.37. The molecule has 0 heterocycles. The SMILES string of the molecule is CC1(C)c2cc(Br)ccc2-c2ccc(-c3ccc4c(c3)C(C)(C)c3cc(I)ccc3-4)cc21. The minimum atomic E-state index is -0.00657. The van der Waals surface area contributed by atoms with Crippen molar-refractivity contribution >= 4 is 38.5 Å². The van der Waals surface area contributed by atoms with Crippen LogP contribution in [0, 0.1) is 3.57 Å². The molecule has 0 aliphatic heterocycles. The van der Waals surface area contributed by atoms with Crippen LogP contribution < -0.4 is 0 Å². The summed E-state index contributed by atoms with van der Waals surface area (Å²) in [6.07, 6.45) is 0. The average molecular weight is 591 g/mol. The molecule has 0 atom stereocenters. The number of fused-ring (bicyclic) bond motifs is 6. The second-order valence-corrected chi connectivity index (χ2v) is 12.3. The Morgan fingerprint density at radius 1 is 0.531 bits per heavy atom. The number of benzene rings is 4. The van der Waals surface area contributed by atoms with Crippen molar-refractivity contribution in [3.63, 3.8) is 0 Å². The fourth-order valence-corrected chi connectivity index (χ4v) is 6.63. The van der Waals surface area contributed by atoms with Gasteiger partial charge in [0.1, 0.15) is 0 Å². The van der Waals surface area contributed by atoms with Crippen molar-refractivity contribution in [3.8, 4) is 33.4 Å². The Balaban J connectivity index is 1.49. The van der Waals surface area contributed by atoms with E-state index in [0.717, 1.165) is 4.47 Å². The number of hydrogen-bond donors (Lipinski definition) is 0. The van der Waals surface area contributed by atoms with E-state index < -0.39 is 0 Å². The van der Waals surface area contributed by atoms with Gasteiger partial charge in [0.2, 0.25) is 0 Å². The molecule has 0 nitrogen and oxygen atoms in total. The van der Waals surface area contributed by atoms with E-state index in [2.05, 4.69) is 139 Å². The number of halogens is 2. The molecule has 0 spiro atoms. The van der Waals surface area contributed by atoms with Crippen molar-refractivity contribution in [1.82, 2.24) is 0 Å². The molecule has 2 aliphatic rings. The Bertz CT molecular complexity index is 1330. The molecule has 158 valence electrons. The van der Waals surface area contributed by atoms with Gasteiger partial charge in [-0.25, -0.2) is 0 Å². The van der Waals surface area contributed by atoms with Crippen LogP contribution in [0.4, 0.5) is 0 Å². The van der Waals surface area contributed by atoms with Crippen molar-refractivity contribution in [2.24, 2.45) is 0 Å². The van der Waals surface area contributed by atoms with Crippen LogP contribution in [-0.2, 0) is 10.8 Å². The first-order chi connectivity index (χ1) is 15.2. The van der Waals surface area contributed by atoms with Crippen LogP contribution in [0.25, 0.3) is 33.4 Å². The molecule has 0 radical (unpaired) electrons. The van der Waals surface area contributed by atoms with Gasteiger partial charge in [-0.1, -0.05) is 80.0 Å². The van der Waals surface area contributed by atoms with E-state index in [9.17, 15) is 0 Å². The van der Waals surface area contributed by atoms with Crippen molar-refractivity contribution in [1.29, 1.82) is 0 Å². The Morgan fingerprint density at radius 3 is 1.47 bits per heavy atom. The quantitative estimate of drug-likeness (QED) is 0.194. The van der Waals surface area contributed by atoms with Crippen molar-refractivity contribution in [2.75, 3.05) is 0 Å². The van der Waals surface area contributed by atoms with E-state index in [4.69, 9.17) is 0 Å². The number of rotatable bonds is 1. The predicted molar refractivity (Wildman–Crippen MR) is 147 cm³/mol. The molecule has 0 amide bonds. The van der Waals surface area contributed by atoms with Gasteiger partial charge in [0.05, 0.1) is 0 Å². The lowest BCUT2D eigenvalue weighted by Crippen LogP contribution is -2.15. The van der Waals surface area contributed by atoms with E-state index >= 15 is 0 Å². The summed E-state index contributed by atoms with van der Waals surface area (Å²) in [7, 11) is 0. The van der Waals surface area contributed by atoms with E-state index in [-0.39, 0.29) is 10.8 Å². The van der Waals surface area contributed by atoms with Crippen LogP contribution in [0.2, 0.25) is 0 Å². The molecule has 0 N–H and O–H groups in total. The molecular formula is C30H24BrI. The molecule has 0 saturated carbocycles. The second-order valence-electron chi connectivity index (χ2n) is 10.2. The van der Waals surface area contributed by atoms with Gasteiger partial charge in [-0.05, 0) is 115 Å². The smallest absolute Gasteiger partial charge is 0.0178 e. The molecule has 4 aromatic rings. The van der Waals surface area contributed by atoms with Crippen LogP contribution in [0.3, 0.4) is 0 Å². The summed E-state index contributed by atoms with van der Waals surface area (Å²) in [6, 6.07) is 27.6. The van der Waals surface area contributed by atoms with Crippen molar-refractivity contribution < 1.29 is 0 Å². The Morgan fingerprint density at radius 2 is 0.938 bits per heavy atom. The largest absolute Gasteiger partial charge is 0.0537 e. The molecule has 0 fully saturated rings. The van der Waals surface area contributed by atoms with Gasteiger partial charge in [-0.2, -0.15) is 0 Å².